The summed E-state index contributed by atoms with van der Waals surface area (Å²) in [6.45, 7) is 10.5. The van der Waals surface area contributed by atoms with E-state index >= 15 is 0 Å². The van der Waals surface area contributed by atoms with Gasteiger partial charge in [-0.15, -0.1) is 0 Å². The average molecular weight is 208 g/mol. The van der Waals surface area contributed by atoms with Gasteiger partial charge >= 0.3 is 0 Å². The lowest BCUT2D eigenvalue weighted by Gasteiger charge is -2.19. The Morgan fingerprint density at radius 2 is 1.87 bits per heavy atom. The molecule has 0 amide bonds. The van der Waals surface area contributed by atoms with Gasteiger partial charge in [0.05, 0.1) is 0 Å². The van der Waals surface area contributed by atoms with Crippen LogP contribution in [0.3, 0.4) is 0 Å². The molecule has 0 aromatic heterocycles. The van der Waals surface area contributed by atoms with Crippen LogP contribution >= 0.6 is 0 Å². The Kier molecular flexibility index (Phi) is 6.85. The van der Waals surface area contributed by atoms with Crippen molar-refractivity contribution in [2.24, 2.45) is 11.8 Å². The highest BCUT2D eigenvalue weighted by molar-refractivity contribution is 5.28. The summed E-state index contributed by atoms with van der Waals surface area (Å²) in [7, 11) is 0. The standard InChI is InChI=1S/C14H24O/c1-6-9-13(10-14(15)8-3)12(5)11(4)7-2/h6,8-12,15H,7H2,1-5H3/b9-6-,13-10-,14-8+. The molecular weight excluding hydrogens is 184 g/mol. The summed E-state index contributed by atoms with van der Waals surface area (Å²) in [6.07, 6.45) is 8.83. The Morgan fingerprint density at radius 1 is 1.27 bits per heavy atom. The first-order chi connectivity index (χ1) is 7.06. The molecule has 0 saturated carbocycles. The summed E-state index contributed by atoms with van der Waals surface area (Å²) >= 11 is 0. The van der Waals surface area contributed by atoms with Crippen LogP contribution in [0.2, 0.25) is 0 Å². The van der Waals surface area contributed by atoms with Crippen molar-refractivity contribution in [2.45, 2.75) is 41.0 Å². The van der Waals surface area contributed by atoms with Gasteiger partial charge in [0.2, 0.25) is 0 Å². The first-order valence-electron chi connectivity index (χ1n) is 5.76. The lowest BCUT2D eigenvalue weighted by molar-refractivity contribution is 0.416. The maximum atomic E-state index is 9.51. The third kappa shape index (κ3) is 4.87. The Morgan fingerprint density at radius 3 is 2.27 bits per heavy atom. The van der Waals surface area contributed by atoms with Crippen molar-refractivity contribution < 1.29 is 5.11 Å². The molecule has 1 heteroatoms. The fourth-order valence-corrected chi connectivity index (χ4v) is 1.46. The SMILES string of the molecule is C\C=C/C(=C/C(O)=C\C)C(C)C(C)CC. The van der Waals surface area contributed by atoms with E-state index in [4.69, 9.17) is 0 Å². The molecule has 0 aliphatic heterocycles. The molecule has 15 heavy (non-hydrogen) atoms. The summed E-state index contributed by atoms with van der Waals surface area (Å²) in [6, 6.07) is 0. The van der Waals surface area contributed by atoms with Crippen LogP contribution in [0.1, 0.15) is 41.0 Å². The normalized spacial score (nSPS) is 18.2. The summed E-state index contributed by atoms with van der Waals surface area (Å²) in [4.78, 5) is 0. The number of hydrogen-bond donors (Lipinski definition) is 1. The maximum absolute atomic E-state index is 9.51. The summed E-state index contributed by atoms with van der Waals surface area (Å²) in [5, 5.41) is 9.51. The highest BCUT2D eigenvalue weighted by atomic mass is 16.3. The molecule has 0 aliphatic carbocycles. The van der Waals surface area contributed by atoms with Crippen molar-refractivity contribution in [3.63, 3.8) is 0 Å². The Hall–Kier alpha value is -0.980. The second-order valence-corrected chi connectivity index (χ2v) is 4.03. The minimum Gasteiger partial charge on any atom is -0.508 e. The Bertz CT molecular complexity index is 259. The third-order valence-corrected chi connectivity index (χ3v) is 2.99. The Balaban J connectivity index is 4.89. The maximum Gasteiger partial charge on any atom is 0.111 e. The van der Waals surface area contributed by atoms with Crippen LogP contribution in [-0.2, 0) is 0 Å². The van der Waals surface area contributed by atoms with Gasteiger partial charge in [-0.3, -0.25) is 0 Å². The highest BCUT2D eigenvalue weighted by Crippen LogP contribution is 2.24. The van der Waals surface area contributed by atoms with Crippen molar-refractivity contribution in [1.82, 2.24) is 0 Å². The van der Waals surface area contributed by atoms with E-state index in [-0.39, 0.29) is 0 Å². The summed E-state index contributed by atoms with van der Waals surface area (Å²) in [5.41, 5.74) is 1.20. The van der Waals surface area contributed by atoms with Gasteiger partial charge in [-0.2, -0.15) is 0 Å². The zero-order chi connectivity index (χ0) is 11.8. The highest BCUT2D eigenvalue weighted by Gasteiger charge is 2.13. The van der Waals surface area contributed by atoms with Gasteiger partial charge in [0.25, 0.3) is 0 Å². The van der Waals surface area contributed by atoms with Crippen LogP contribution in [-0.4, -0.2) is 5.11 Å². The average Bonchev–Trinajstić information content (AvgIpc) is 2.26. The number of aliphatic hydroxyl groups excluding tert-OH is 1. The second-order valence-electron chi connectivity index (χ2n) is 4.03. The minimum atomic E-state index is 0.346. The number of rotatable bonds is 5. The van der Waals surface area contributed by atoms with Crippen LogP contribution in [0, 0.1) is 11.8 Å². The van der Waals surface area contributed by atoms with Crippen LogP contribution in [0.15, 0.2) is 35.6 Å². The molecule has 86 valence electrons. The molecule has 1 N–H and O–H groups in total. The fourth-order valence-electron chi connectivity index (χ4n) is 1.46. The molecule has 0 fully saturated rings. The van der Waals surface area contributed by atoms with Crippen LogP contribution in [0.25, 0.3) is 0 Å². The molecule has 1 nitrogen and oxygen atoms in total. The van der Waals surface area contributed by atoms with E-state index in [0.29, 0.717) is 17.6 Å². The van der Waals surface area contributed by atoms with E-state index < -0.39 is 0 Å². The van der Waals surface area contributed by atoms with Crippen molar-refractivity contribution in [1.29, 1.82) is 0 Å². The third-order valence-electron chi connectivity index (χ3n) is 2.99. The predicted octanol–water partition coefficient (Wildman–Crippen LogP) is 4.63. The van der Waals surface area contributed by atoms with Crippen molar-refractivity contribution >= 4 is 0 Å². The molecule has 0 heterocycles. The quantitative estimate of drug-likeness (QED) is 0.516. The molecule has 0 rings (SSSR count). The van der Waals surface area contributed by atoms with Crippen LogP contribution < -0.4 is 0 Å². The number of aliphatic hydroxyl groups is 1. The van der Waals surface area contributed by atoms with Gasteiger partial charge in [0.1, 0.15) is 5.76 Å². The predicted molar refractivity (Wildman–Crippen MR) is 67.9 cm³/mol. The summed E-state index contributed by atoms with van der Waals surface area (Å²) < 4.78 is 0. The minimum absolute atomic E-state index is 0.346. The molecular formula is C14H24O. The van der Waals surface area contributed by atoms with Gasteiger partial charge < -0.3 is 5.11 Å². The fraction of sp³-hybridized carbons (Fsp3) is 0.571. The zero-order valence-corrected chi connectivity index (χ0v) is 10.6. The smallest absolute Gasteiger partial charge is 0.111 e. The molecule has 0 spiro atoms. The number of allylic oxidation sites excluding steroid dienone is 5. The zero-order valence-electron chi connectivity index (χ0n) is 10.6. The van der Waals surface area contributed by atoms with E-state index in [2.05, 4.69) is 26.8 Å². The Labute approximate surface area is 94.2 Å². The first kappa shape index (κ1) is 14.0. The molecule has 0 bridgehead atoms. The lowest BCUT2D eigenvalue weighted by atomic mass is 9.86. The molecule has 0 aliphatic rings. The molecule has 0 saturated heterocycles. The van der Waals surface area contributed by atoms with Crippen LogP contribution in [0.4, 0.5) is 0 Å². The van der Waals surface area contributed by atoms with Gasteiger partial charge in [0.15, 0.2) is 0 Å². The topological polar surface area (TPSA) is 20.2 Å². The van der Waals surface area contributed by atoms with Gasteiger partial charge in [-0.05, 0) is 43.4 Å². The molecule has 0 aromatic rings. The van der Waals surface area contributed by atoms with Crippen molar-refractivity contribution in [3.05, 3.63) is 35.6 Å². The van der Waals surface area contributed by atoms with E-state index in [1.165, 1.54) is 5.57 Å². The van der Waals surface area contributed by atoms with E-state index in [9.17, 15) is 5.11 Å². The molecule has 0 radical (unpaired) electrons. The van der Waals surface area contributed by atoms with Crippen molar-refractivity contribution in [3.8, 4) is 0 Å². The molecule has 2 unspecified atom stereocenters. The van der Waals surface area contributed by atoms with Gasteiger partial charge in [-0.1, -0.05) is 39.3 Å². The van der Waals surface area contributed by atoms with Crippen LogP contribution in [0.5, 0.6) is 0 Å². The van der Waals surface area contributed by atoms with E-state index in [1.54, 1.807) is 6.08 Å². The monoisotopic (exact) mass is 208 g/mol. The van der Waals surface area contributed by atoms with E-state index in [0.717, 1.165) is 6.42 Å². The largest absolute Gasteiger partial charge is 0.508 e. The second kappa shape index (κ2) is 7.33. The van der Waals surface area contributed by atoms with Gasteiger partial charge in [-0.25, -0.2) is 0 Å². The molecule has 0 aromatic carbocycles. The van der Waals surface area contributed by atoms with Gasteiger partial charge in [0, 0.05) is 0 Å². The first-order valence-corrected chi connectivity index (χ1v) is 5.76. The lowest BCUT2D eigenvalue weighted by Crippen LogP contribution is -2.09. The van der Waals surface area contributed by atoms with E-state index in [1.807, 2.05) is 26.0 Å². The number of hydrogen-bond acceptors (Lipinski definition) is 1. The van der Waals surface area contributed by atoms with Crippen molar-refractivity contribution in [2.75, 3.05) is 0 Å². The molecule has 2 atom stereocenters. The summed E-state index contributed by atoms with van der Waals surface area (Å²) in [5.74, 6) is 1.46.